The Hall–Kier alpha value is -2.19. The van der Waals surface area contributed by atoms with E-state index in [2.05, 4.69) is 5.32 Å². The van der Waals surface area contributed by atoms with Crippen LogP contribution in [0.25, 0.3) is 0 Å². The first kappa shape index (κ1) is 15.7. The highest BCUT2D eigenvalue weighted by Crippen LogP contribution is 2.39. The number of rotatable bonds is 2. The topological polar surface area (TPSA) is 88.1 Å². The van der Waals surface area contributed by atoms with Crippen LogP contribution in [0.15, 0.2) is 29.7 Å². The third kappa shape index (κ3) is 3.13. The minimum Gasteiger partial charge on any atom is -0.440 e. The van der Waals surface area contributed by atoms with Crippen LogP contribution in [0, 0.1) is 11.3 Å². The monoisotopic (exact) mass is 331 g/mol. The Bertz CT molecular complexity index is 702. The quantitative estimate of drug-likeness (QED) is 0.872. The first-order valence-electron chi connectivity index (χ1n) is 7.77. The largest absolute Gasteiger partial charge is 0.440 e. The molecule has 0 radical (unpaired) electrons. The summed E-state index contributed by atoms with van der Waals surface area (Å²) in [6.45, 7) is 0. The van der Waals surface area contributed by atoms with Crippen LogP contribution >= 0.6 is 11.6 Å². The highest BCUT2D eigenvalue weighted by atomic mass is 35.5. The zero-order chi connectivity index (χ0) is 16.4. The van der Waals surface area contributed by atoms with Gasteiger partial charge >= 0.3 is 0 Å². The van der Waals surface area contributed by atoms with Gasteiger partial charge < -0.3 is 15.8 Å². The van der Waals surface area contributed by atoms with Crippen molar-refractivity contribution in [3.8, 4) is 11.8 Å². The fraction of sp³-hybridized carbons (Fsp3) is 0.412. The molecule has 0 spiro atoms. The Kier molecular flexibility index (Phi) is 4.44. The van der Waals surface area contributed by atoms with E-state index in [1.165, 1.54) is 6.42 Å². The number of amides is 1. The Morgan fingerprint density at radius 3 is 2.78 bits per heavy atom. The summed E-state index contributed by atoms with van der Waals surface area (Å²) in [5, 5.41) is 12.9. The number of nitrogens with zero attached hydrogens (tertiary/aromatic N) is 1. The molecule has 6 heteroatoms. The normalized spacial score (nSPS) is 21.1. The van der Waals surface area contributed by atoms with Crippen molar-refractivity contribution in [1.82, 2.24) is 5.32 Å². The molecule has 3 rings (SSSR count). The van der Waals surface area contributed by atoms with Crippen LogP contribution < -0.4 is 15.8 Å². The van der Waals surface area contributed by atoms with Gasteiger partial charge in [-0.05, 0) is 31.0 Å². The lowest BCUT2D eigenvalue weighted by Gasteiger charge is -2.28. The van der Waals surface area contributed by atoms with E-state index in [4.69, 9.17) is 22.1 Å². The molecule has 1 aliphatic carbocycles. The number of nitriles is 1. The van der Waals surface area contributed by atoms with Gasteiger partial charge in [0.2, 0.25) is 11.8 Å². The summed E-state index contributed by atoms with van der Waals surface area (Å²) in [6, 6.07) is 7.16. The van der Waals surface area contributed by atoms with Gasteiger partial charge in [-0.2, -0.15) is 5.26 Å². The van der Waals surface area contributed by atoms with Crippen molar-refractivity contribution < 1.29 is 9.53 Å². The van der Waals surface area contributed by atoms with Crippen LogP contribution in [0.1, 0.15) is 43.6 Å². The minimum atomic E-state index is -0.774. The fourth-order valence-electron chi connectivity index (χ4n) is 3.23. The molecule has 0 bridgehead atoms. The van der Waals surface area contributed by atoms with Crippen molar-refractivity contribution in [2.24, 2.45) is 5.73 Å². The number of hydrogen-bond donors (Lipinski definition) is 2. The minimum absolute atomic E-state index is 0.0221. The summed E-state index contributed by atoms with van der Waals surface area (Å²) in [5.74, 6) is -0.548. The van der Waals surface area contributed by atoms with Crippen LogP contribution in [0.5, 0.6) is 5.75 Å². The highest BCUT2D eigenvalue weighted by molar-refractivity contribution is 6.30. The first-order valence-corrected chi connectivity index (χ1v) is 8.15. The second-order valence-electron chi connectivity index (χ2n) is 5.95. The van der Waals surface area contributed by atoms with Gasteiger partial charge in [0, 0.05) is 16.6 Å². The maximum absolute atomic E-state index is 12.8. The summed E-state index contributed by atoms with van der Waals surface area (Å²) in [6.07, 6.45) is 5.38. The molecular formula is C17H18ClN3O2. The molecule has 1 saturated carbocycles. The zero-order valence-corrected chi connectivity index (χ0v) is 13.4. The molecule has 0 saturated heterocycles. The van der Waals surface area contributed by atoms with E-state index in [-0.39, 0.29) is 23.4 Å². The van der Waals surface area contributed by atoms with Crippen LogP contribution in [0.2, 0.25) is 5.02 Å². The molecular weight excluding hydrogens is 314 g/mol. The molecule has 1 fully saturated rings. The summed E-state index contributed by atoms with van der Waals surface area (Å²) in [4.78, 5) is 12.8. The average Bonchev–Trinajstić information content (AvgIpc) is 2.55. The molecule has 1 aliphatic heterocycles. The van der Waals surface area contributed by atoms with E-state index in [0.29, 0.717) is 16.3 Å². The molecule has 23 heavy (non-hydrogen) atoms. The van der Waals surface area contributed by atoms with Gasteiger partial charge in [0.25, 0.3) is 0 Å². The van der Waals surface area contributed by atoms with E-state index in [9.17, 15) is 10.1 Å². The van der Waals surface area contributed by atoms with E-state index < -0.39 is 5.92 Å². The number of nitrogens with two attached hydrogens (primary N) is 1. The number of hydrogen-bond acceptors (Lipinski definition) is 4. The fourth-order valence-corrected chi connectivity index (χ4v) is 3.41. The number of ether oxygens (including phenoxy) is 1. The standard InChI is InChI=1S/C17H18ClN3O2/c18-10-6-7-14-12(8-10)15(13(9-19)16(20)23-14)17(22)21-11-4-2-1-3-5-11/h6-8,11,15H,1-5,20H2,(H,21,22). The molecule has 2 aliphatic rings. The molecule has 1 amide bonds. The van der Waals surface area contributed by atoms with Crippen molar-refractivity contribution >= 4 is 17.5 Å². The average molecular weight is 332 g/mol. The molecule has 5 nitrogen and oxygen atoms in total. The number of nitrogens with one attached hydrogen (secondary N) is 1. The first-order chi connectivity index (χ1) is 11.1. The Labute approximate surface area is 140 Å². The molecule has 3 N–H and O–H groups in total. The van der Waals surface area contributed by atoms with E-state index in [1.54, 1.807) is 18.2 Å². The SMILES string of the molecule is N#CC1=C(N)Oc2ccc(Cl)cc2C1C(=O)NC1CCCCC1. The van der Waals surface area contributed by atoms with Crippen LogP contribution in [0.4, 0.5) is 0 Å². The van der Waals surface area contributed by atoms with Crippen molar-refractivity contribution in [3.63, 3.8) is 0 Å². The maximum atomic E-state index is 12.8. The summed E-state index contributed by atoms with van der Waals surface area (Å²) < 4.78 is 5.46. The van der Waals surface area contributed by atoms with Crippen molar-refractivity contribution in [2.75, 3.05) is 0 Å². The lowest BCUT2D eigenvalue weighted by molar-refractivity contribution is -0.122. The Morgan fingerprint density at radius 1 is 1.35 bits per heavy atom. The third-order valence-electron chi connectivity index (χ3n) is 4.39. The van der Waals surface area contributed by atoms with Crippen LogP contribution in [-0.2, 0) is 4.79 Å². The Morgan fingerprint density at radius 2 is 2.09 bits per heavy atom. The third-order valence-corrected chi connectivity index (χ3v) is 4.63. The summed E-state index contributed by atoms with van der Waals surface area (Å²) in [7, 11) is 0. The maximum Gasteiger partial charge on any atom is 0.233 e. The van der Waals surface area contributed by atoms with Crippen LogP contribution in [-0.4, -0.2) is 11.9 Å². The van der Waals surface area contributed by atoms with Crippen molar-refractivity contribution in [2.45, 2.75) is 44.1 Å². The van der Waals surface area contributed by atoms with Crippen molar-refractivity contribution in [3.05, 3.63) is 40.2 Å². The summed E-state index contributed by atoms with van der Waals surface area (Å²) in [5.41, 5.74) is 6.54. The number of benzene rings is 1. The molecule has 1 heterocycles. The molecule has 120 valence electrons. The van der Waals surface area contributed by atoms with Gasteiger partial charge in [-0.15, -0.1) is 0 Å². The highest BCUT2D eigenvalue weighted by Gasteiger charge is 2.35. The lowest BCUT2D eigenvalue weighted by Crippen LogP contribution is -2.41. The number of carbonyl (C=O) groups is 1. The molecule has 1 atom stereocenters. The predicted octanol–water partition coefficient (Wildman–Crippen LogP) is 2.96. The van der Waals surface area contributed by atoms with Gasteiger partial charge in [0.05, 0.1) is 0 Å². The second kappa shape index (κ2) is 6.51. The van der Waals surface area contributed by atoms with Gasteiger partial charge in [-0.25, -0.2) is 0 Å². The lowest BCUT2D eigenvalue weighted by atomic mass is 9.87. The van der Waals surface area contributed by atoms with Crippen LogP contribution in [0.3, 0.4) is 0 Å². The van der Waals surface area contributed by atoms with E-state index >= 15 is 0 Å². The number of carbonyl (C=O) groups excluding carboxylic acids is 1. The van der Waals surface area contributed by atoms with Gasteiger partial charge in [0.15, 0.2) is 0 Å². The molecule has 1 aromatic carbocycles. The van der Waals surface area contributed by atoms with Gasteiger partial charge in [-0.1, -0.05) is 30.9 Å². The predicted molar refractivity (Wildman–Crippen MR) is 86.7 cm³/mol. The molecule has 1 unspecified atom stereocenters. The zero-order valence-electron chi connectivity index (χ0n) is 12.6. The number of halogens is 1. The van der Waals surface area contributed by atoms with Gasteiger partial charge in [0.1, 0.15) is 23.3 Å². The van der Waals surface area contributed by atoms with Crippen molar-refractivity contribution in [1.29, 1.82) is 5.26 Å². The smallest absolute Gasteiger partial charge is 0.233 e. The molecule has 0 aromatic heterocycles. The van der Waals surface area contributed by atoms with E-state index in [0.717, 1.165) is 25.7 Å². The number of fused-ring (bicyclic) bond motifs is 1. The van der Waals surface area contributed by atoms with E-state index in [1.807, 2.05) is 6.07 Å². The molecule has 1 aromatic rings. The second-order valence-corrected chi connectivity index (χ2v) is 6.39. The summed E-state index contributed by atoms with van der Waals surface area (Å²) >= 11 is 6.05. The van der Waals surface area contributed by atoms with Gasteiger partial charge in [-0.3, -0.25) is 4.79 Å². The Balaban J connectivity index is 1.93.